The first-order valence-corrected chi connectivity index (χ1v) is 7.14. The first-order valence-electron chi connectivity index (χ1n) is 7.14. The molecule has 0 bridgehead atoms. The van der Waals surface area contributed by atoms with E-state index in [0.29, 0.717) is 6.42 Å². The summed E-state index contributed by atoms with van der Waals surface area (Å²) in [6.45, 7) is 0.741. The lowest BCUT2D eigenvalue weighted by Crippen LogP contribution is -2.36. The Labute approximate surface area is 123 Å². The zero-order valence-corrected chi connectivity index (χ0v) is 12.3. The molecule has 1 aromatic heterocycles. The zero-order valence-electron chi connectivity index (χ0n) is 12.3. The Hall–Kier alpha value is -2.30. The standard InChI is InChI=1S/C16H19N3O2/c1-18(2)12-6-3-5-11-8-9-17-15(14(11)12)19-10-4-7-13(19)16(20)21/h3,5-6,8-9,13H,4,7,10H2,1-2H3,(H,20,21). The third kappa shape index (κ3) is 2.28. The predicted octanol–water partition coefficient (Wildman–Crippen LogP) is 2.35. The van der Waals surface area contributed by atoms with Gasteiger partial charge in [-0.2, -0.15) is 0 Å². The number of fused-ring (bicyclic) bond motifs is 1. The molecule has 2 aromatic rings. The fraction of sp³-hybridized carbons (Fsp3) is 0.375. The Morgan fingerprint density at radius 1 is 1.38 bits per heavy atom. The molecule has 0 radical (unpaired) electrons. The molecule has 1 unspecified atom stereocenters. The molecule has 5 nitrogen and oxygen atoms in total. The van der Waals surface area contributed by atoms with Gasteiger partial charge in [0.15, 0.2) is 0 Å². The second kappa shape index (κ2) is 5.24. The molecule has 1 atom stereocenters. The molecule has 21 heavy (non-hydrogen) atoms. The third-order valence-corrected chi connectivity index (χ3v) is 4.04. The number of nitrogens with zero attached hydrogens (tertiary/aromatic N) is 3. The number of hydrogen-bond donors (Lipinski definition) is 1. The first-order chi connectivity index (χ1) is 10.1. The average molecular weight is 285 g/mol. The van der Waals surface area contributed by atoms with Crippen LogP contribution in [0.2, 0.25) is 0 Å². The lowest BCUT2D eigenvalue weighted by atomic mass is 10.1. The van der Waals surface area contributed by atoms with E-state index in [-0.39, 0.29) is 0 Å². The van der Waals surface area contributed by atoms with Crippen molar-refractivity contribution in [1.29, 1.82) is 0 Å². The van der Waals surface area contributed by atoms with Gasteiger partial charge in [-0.05, 0) is 30.4 Å². The number of benzene rings is 1. The number of anilines is 2. The highest BCUT2D eigenvalue weighted by Gasteiger charge is 2.32. The number of aliphatic carboxylic acids is 1. The molecule has 0 spiro atoms. The van der Waals surface area contributed by atoms with Gasteiger partial charge >= 0.3 is 5.97 Å². The molecule has 3 rings (SSSR count). The molecule has 1 N–H and O–H groups in total. The van der Waals surface area contributed by atoms with Crippen LogP contribution in [-0.2, 0) is 4.79 Å². The number of hydrogen-bond acceptors (Lipinski definition) is 4. The Kier molecular flexibility index (Phi) is 3.41. The maximum atomic E-state index is 11.5. The molecule has 0 saturated carbocycles. The van der Waals surface area contributed by atoms with E-state index in [1.165, 1.54) is 0 Å². The highest BCUT2D eigenvalue weighted by atomic mass is 16.4. The van der Waals surface area contributed by atoms with E-state index in [0.717, 1.165) is 35.2 Å². The van der Waals surface area contributed by atoms with Gasteiger partial charge < -0.3 is 14.9 Å². The smallest absolute Gasteiger partial charge is 0.326 e. The summed E-state index contributed by atoms with van der Waals surface area (Å²) in [4.78, 5) is 19.9. The largest absolute Gasteiger partial charge is 0.480 e. The van der Waals surface area contributed by atoms with Crippen molar-refractivity contribution >= 4 is 28.2 Å². The minimum atomic E-state index is -0.770. The van der Waals surface area contributed by atoms with Gasteiger partial charge in [0.1, 0.15) is 11.9 Å². The van der Waals surface area contributed by atoms with Crippen LogP contribution in [0.3, 0.4) is 0 Å². The van der Waals surface area contributed by atoms with Crippen LogP contribution in [0, 0.1) is 0 Å². The van der Waals surface area contributed by atoms with Crippen molar-refractivity contribution < 1.29 is 9.90 Å². The van der Waals surface area contributed by atoms with Crippen LogP contribution in [0.1, 0.15) is 12.8 Å². The molecule has 1 saturated heterocycles. The predicted molar refractivity (Wildman–Crippen MR) is 84.1 cm³/mol. The van der Waals surface area contributed by atoms with Crippen LogP contribution in [0.25, 0.3) is 10.8 Å². The van der Waals surface area contributed by atoms with Gasteiger partial charge in [-0.15, -0.1) is 0 Å². The van der Waals surface area contributed by atoms with Gasteiger partial charge in [0, 0.05) is 37.9 Å². The minimum absolute atomic E-state index is 0.474. The van der Waals surface area contributed by atoms with E-state index < -0.39 is 12.0 Å². The van der Waals surface area contributed by atoms with Crippen molar-refractivity contribution in [2.45, 2.75) is 18.9 Å². The maximum Gasteiger partial charge on any atom is 0.326 e. The topological polar surface area (TPSA) is 56.7 Å². The summed E-state index contributed by atoms with van der Waals surface area (Å²) in [5.41, 5.74) is 1.06. The number of pyridine rings is 1. The molecule has 1 aliphatic rings. The van der Waals surface area contributed by atoms with Gasteiger partial charge in [-0.3, -0.25) is 0 Å². The third-order valence-electron chi connectivity index (χ3n) is 4.04. The van der Waals surface area contributed by atoms with Crippen molar-refractivity contribution in [3.8, 4) is 0 Å². The molecule has 0 amide bonds. The van der Waals surface area contributed by atoms with E-state index >= 15 is 0 Å². The van der Waals surface area contributed by atoms with Crippen LogP contribution >= 0.6 is 0 Å². The SMILES string of the molecule is CN(C)c1cccc2ccnc(N3CCCC3C(=O)O)c12. The fourth-order valence-electron chi connectivity index (χ4n) is 3.06. The van der Waals surface area contributed by atoms with Gasteiger partial charge in [0.05, 0.1) is 0 Å². The number of aromatic nitrogens is 1. The molecule has 1 aliphatic heterocycles. The summed E-state index contributed by atoms with van der Waals surface area (Å²) < 4.78 is 0. The molecule has 1 aromatic carbocycles. The summed E-state index contributed by atoms with van der Waals surface area (Å²) >= 11 is 0. The number of carboxylic acid groups (broad SMARTS) is 1. The lowest BCUT2D eigenvalue weighted by molar-refractivity contribution is -0.138. The summed E-state index contributed by atoms with van der Waals surface area (Å²) in [5.74, 6) is 0.00957. The second-order valence-corrected chi connectivity index (χ2v) is 5.59. The van der Waals surface area contributed by atoms with Crippen LogP contribution in [-0.4, -0.2) is 42.7 Å². The van der Waals surface area contributed by atoms with E-state index in [1.807, 2.05) is 48.2 Å². The van der Waals surface area contributed by atoms with Crippen LogP contribution in [0.15, 0.2) is 30.5 Å². The minimum Gasteiger partial charge on any atom is -0.480 e. The van der Waals surface area contributed by atoms with E-state index in [9.17, 15) is 9.90 Å². The van der Waals surface area contributed by atoms with Crippen molar-refractivity contribution in [3.05, 3.63) is 30.5 Å². The van der Waals surface area contributed by atoms with E-state index in [4.69, 9.17) is 0 Å². The highest BCUT2D eigenvalue weighted by molar-refractivity contribution is 6.03. The van der Waals surface area contributed by atoms with Crippen LogP contribution in [0.5, 0.6) is 0 Å². The molecular formula is C16H19N3O2. The summed E-state index contributed by atoms with van der Waals surface area (Å²) in [6.07, 6.45) is 3.32. The summed E-state index contributed by atoms with van der Waals surface area (Å²) in [7, 11) is 3.98. The molecule has 110 valence electrons. The Morgan fingerprint density at radius 3 is 2.90 bits per heavy atom. The maximum absolute atomic E-state index is 11.5. The monoisotopic (exact) mass is 285 g/mol. The van der Waals surface area contributed by atoms with Gasteiger partial charge in [0.25, 0.3) is 0 Å². The summed E-state index contributed by atoms with van der Waals surface area (Å²) in [6, 6.07) is 7.59. The quantitative estimate of drug-likeness (QED) is 0.938. The zero-order chi connectivity index (χ0) is 15.0. The van der Waals surface area contributed by atoms with Gasteiger partial charge in [0.2, 0.25) is 0 Å². The van der Waals surface area contributed by atoms with Crippen molar-refractivity contribution in [2.24, 2.45) is 0 Å². The van der Waals surface area contributed by atoms with Gasteiger partial charge in [-0.25, -0.2) is 9.78 Å². The second-order valence-electron chi connectivity index (χ2n) is 5.59. The van der Waals surface area contributed by atoms with Crippen molar-refractivity contribution in [3.63, 3.8) is 0 Å². The van der Waals surface area contributed by atoms with Crippen molar-refractivity contribution in [1.82, 2.24) is 4.98 Å². The Bertz CT molecular complexity index is 679. The normalized spacial score (nSPS) is 18.2. The van der Waals surface area contributed by atoms with E-state index in [2.05, 4.69) is 4.98 Å². The Balaban J connectivity index is 2.20. The molecule has 0 aliphatic carbocycles. The number of carbonyl (C=O) groups is 1. The molecule has 2 heterocycles. The number of rotatable bonds is 3. The van der Waals surface area contributed by atoms with Crippen molar-refractivity contribution in [2.75, 3.05) is 30.4 Å². The molecule has 1 fully saturated rings. The number of carboxylic acids is 1. The molecular weight excluding hydrogens is 266 g/mol. The first kappa shape index (κ1) is 13.7. The lowest BCUT2D eigenvalue weighted by Gasteiger charge is -2.26. The highest BCUT2D eigenvalue weighted by Crippen LogP contribution is 2.35. The van der Waals surface area contributed by atoms with Crippen LogP contribution < -0.4 is 9.80 Å². The summed E-state index contributed by atoms with van der Waals surface area (Å²) in [5, 5.41) is 11.5. The average Bonchev–Trinajstić information content (AvgIpc) is 2.95. The van der Waals surface area contributed by atoms with E-state index in [1.54, 1.807) is 6.20 Å². The van der Waals surface area contributed by atoms with Crippen LogP contribution in [0.4, 0.5) is 11.5 Å². The Morgan fingerprint density at radius 2 is 2.19 bits per heavy atom. The fourth-order valence-corrected chi connectivity index (χ4v) is 3.06. The molecule has 5 heteroatoms. The van der Waals surface area contributed by atoms with Gasteiger partial charge in [-0.1, -0.05) is 12.1 Å².